The molecule has 2 aliphatic carbocycles. The van der Waals surface area contributed by atoms with E-state index in [1.807, 2.05) is 0 Å². The van der Waals surface area contributed by atoms with Gasteiger partial charge in [-0.15, -0.1) is 0 Å². The minimum absolute atomic E-state index is 0.0464. The van der Waals surface area contributed by atoms with Crippen LogP contribution in [0.25, 0.3) is 0 Å². The van der Waals surface area contributed by atoms with Crippen molar-refractivity contribution in [3.05, 3.63) is 53.6 Å². The van der Waals surface area contributed by atoms with Crippen LogP contribution in [0.4, 0.5) is 11.4 Å². The topological polar surface area (TPSA) is 75.3 Å². The largest absolute Gasteiger partial charge is 0.326 e. The zero-order valence-corrected chi connectivity index (χ0v) is 17.0. The van der Waals surface area contributed by atoms with Gasteiger partial charge in [0.25, 0.3) is 10.0 Å². The van der Waals surface area contributed by atoms with E-state index in [1.54, 1.807) is 36.4 Å². The molecular weight excluding hydrogens is 396 g/mol. The first kappa shape index (κ1) is 19.3. The summed E-state index contributed by atoms with van der Waals surface area (Å²) >= 11 is 5.91. The van der Waals surface area contributed by atoms with Gasteiger partial charge < -0.3 is 5.32 Å². The fourth-order valence-electron chi connectivity index (χ4n) is 4.58. The number of amides is 1. The molecule has 0 unspecified atom stereocenters. The average Bonchev–Trinajstić information content (AvgIpc) is 3.24. The van der Waals surface area contributed by atoms with Gasteiger partial charge in [0.1, 0.15) is 0 Å². The lowest BCUT2D eigenvalue weighted by atomic mass is 9.86. The van der Waals surface area contributed by atoms with Gasteiger partial charge in [-0.25, -0.2) is 8.42 Å². The summed E-state index contributed by atoms with van der Waals surface area (Å²) in [5, 5.41) is 3.31. The highest BCUT2D eigenvalue weighted by Gasteiger charge is 2.40. The Morgan fingerprint density at radius 1 is 1.04 bits per heavy atom. The fourth-order valence-corrected chi connectivity index (χ4v) is 5.87. The van der Waals surface area contributed by atoms with E-state index in [0.717, 1.165) is 12.3 Å². The van der Waals surface area contributed by atoms with Crippen LogP contribution in [0.3, 0.4) is 0 Å². The van der Waals surface area contributed by atoms with E-state index < -0.39 is 10.0 Å². The van der Waals surface area contributed by atoms with E-state index in [9.17, 15) is 13.2 Å². The Labute approximate surface area is 170 Å². The molecule has 0 saturated heterocycles. The summed E-state index contributed by atoms with van der Waals surface area (Å²) in [6.45, 7) is 0. The molecule has 0 spiro atoms. The molecule has 2 fully saturated rings. The van der Waals surface area contributed by atoms with Crippen LogP contribution in [-0.2, 0) is 14.8 Å². The smallest absolute Gasteiger partial charge is 0.261 e. The van der Waals surface area contributed by atoms with Gasteiger partial charge in [0, 0.05) is 17.1 Å². The van der Waals surface area contributed by atoms with E-state index in [-0.39, 0.29) is 10.8 Å². The summed E-state index contributed by atoms with van der Waals surface area (Å²) in [5.41, 5.74) is 0.875. The van der Waals surface area contributed by atoms with Crippen molar-refractivity contribution in [2.24, 2.45) is 17.8 Å². The molecule has 2 saturated carbocycles. The quantitative estimate of drug-likeness (QED) is 0.700. The number of hydrogen-bond acceptors (Lipinski definition) is 3. The second-order valence-corrected chi connectivity index (χ2v) is 9.95. The molecule has 0 radical (unpaired) electrons. The van der Waals surface area contributed by atoms with Crippen LogP contribution < -0.4 is 10.0 Å². The number of anilines is 2. The van der Waals surface area contributed by atoms with Crippen LogP contribution in [0.2, 0.25) is 5.02 Å². The summed E-state index contributed by atoms with van der Waals surface area (Å²) in [6, 6.07) is 12.8. The number of rotatable bonds is 6. The van der Waals surface area contributed by atoms with E-state index in [4.69, 9.17) is 11.6 Å². The van der Waals surface area contributed by atoms with Crippen LogP contribution >= 0.6 is 11.6 Å². The molecule has 148 valence electrons. The van der Waals surface area contributed by atoms with Gasteiger partial charge in [0.05, 0.1) is 10.6 Å². The van der Waals surface area contributed by atoms with Gasteiger partial charge in [0.2, 0.25) is 5.91 Å². The summed E-state index contributed by atoms with van der Waals surface area (Å²) in [7, 11) is -3.78. The number of carbonyl (C=O) groups is 1. The standard InChI is InChI=1S/C21H23ClN2O3S/c22-17-3-1-5-19(12-17)24-28(26,27)20-6-2-4-18(13-20)23-21(25)11-16-10-14-7-8-15(16)9-14/h1-6,12-16,24H,7-11H2,(H,23,25)/t14-,15+,16-/m0/s1. The van der Waals surface area contributed by atoms with Crippen molar-refractivity contribution in [2.45, 2.75) is 37.0 Å². The molecule has 5 nitrogen and oxygen atoms in total. The van der Waals surface area contributed by atoms with Crippen molar-refractivity contribution in [1.29, 1.82) is 0 Å². The Bertz CT molecular complexity index is 993. The summed E-state index contributed by atoms with van der Waals surface area (Å²) in [6.07, 6.45) is 5.48. The molecule has 4 rings (SSSR count). The molecule has 3 atom stereocenters. The van der Waals surface area contributed by atoms with E-state index in [2.05, 4.69) is 10.0 Å². The maximum Gasteiger partial charge on any atom is 0.261 e. The molecule has 2 aliphatic rings. The van der Waals surface area contributed by atoms with Gasteiger partial charge in [-0.2, -0.15) is 0 Å². The van der Waals surface area contributed by atoms with Crippen LogP contribution in [0.5, 0.6) is 0 Å². The first-order chi connectivity index (χ1) is 13.4. The Balaban J connectivity index is 1.42. The molecule has 28 heavy (non-hydrogen) atoms. The Morgan fingerprint density at radius 2 is 1.82 bits per heavy atom. The third-order valence-corrected chi connectivity index (χ3v) is 7.45. The highest BCUT2D eigenvalue weighted by atomic mass is 35.5. The first-order valence-corrected chi connectivity index (χ1v) is 11.4. The Hall–Kier alpha value is -2.05. The minimum atomic E-state index is -3.78. The molecule has 0 aromatic heterocycles. The summed E-state index contributed by atoms with van der Waals surface area (Å²) < 4.78 is 27.8. The Morgan fingerprint density at radius 3 is 2.54 bits per heavy atom. The zero-order chi connectivity index (χ0) is 19.7. The highest BCUT2D eigenvalue weighted by molar-refractivity contribution is 7.92. The lowest BCUT2D eigenvalue weighted by Crippen LogP contribution is -2.20. The molecule has 7 heteroatoms. The third-order valence-electron chi connectivity index (χ3n) is 5.84. The SMILES string of the molecule is O=C(C[C@@H]1C[C@H]2CC[C@@H]1C2)Nc1cccc(S(=O)(=O)Nc2cccc(Cl)c2)c1. The van der Waals surface area contributed by atoms with Crippen molar-refractivity contribution in [3.63, 3.8) is 0 Å². The molecule has 2 N–H and O–H groups in total. The van der Waals surface area contributed by atoms with Gasteiger partial charge in [-0.1, -0.05) is 30.2 Å². The predicted octanol–water partition coefficient (Wildman–Crippen LogP) is 4.91. The van der Waals surface area contributed by atoms with Crippen molar-refractivity contribution in [3.8, 4) is 0 Å². The van der Waals surface area contributed by atoms with Crippen molar-refractivity contribution in [1.82, 2.24) is 0 Å². The summed E-state index contributed by atoms with van der Waals surface area (Å²) in [5.74, 6) is 1.91. The lowest BCUT2D eigenvalue weighted by molar-refractivity contribution is -0.117. The number of carbonyl (C=O) groups excluding carboxylic acids is 1. The number of nitrogens with one attached hydrogen (secondary N) is 2. The molecular formula is C21H23ClN2O3S. The van der Waals surface area contributed by atoms with Crippen LogP contribution in [-0.4, -0.2) is 14.3 Å². The third kappa shape index (κ3) is 4.33. The van der Waals surface area contributed by atoms with Crippen LogP contribution in [0.1, 0.15) is 32.1 Å². The normalized spacial score (nSPS) is 23.5. The molecule has 0 aliphatic heterocycles. The van der Waals surface area contributed by atoms with Gasteiger partial charge >= 0.3 is 0 Å². The number of hydrogen-bond donors (Lipinski definition) is 2. The van der Waals surface area contributed by atoms with Crippen LogP contribution in [0.15, 0.2) is 53.4 Å². The number of halogens is 1. The van der Waals surface area contributed by atoms with Gasteiger partial charge in [-0.3, -0.25) is 9.52 Å². The number of benzene rings is 2. The molecule has 2 bridgehead atoms. The van der Waals surface area contributed by atoms with Crippen molar-refractivity contribution >= 4 is 38.9 Å². The van der Waals surface area contributed by atoms with E-state index in [1.165, 1.54) is 31.4 Å². The summed E-state index contributed by atoms with van der Waals surface area (Å²) in [4.78, 5) is 12.5. The maximum absolute atomic E-state index is 12.6. The Kier molecular flexibility index (Phi) is 5.34. The minimum Gasteiger partial charge on any atom is -0.326 e. The molecule has 1 amide bonds. The number of sulfonamides is 1. The maximum atomic E-state index is 12.6. The van der Waals surface area contributed by atoms with Gasteiger partial charge in [-0.05, 0) is 73.4 Å². The lowest BCUT2D eigenvalue weighted by Gasteiger charge is -2.21. The second kappa shape index (κ2) is 7.76. The van der Waals surface area contributed by atoms with Crippen molar-refractivity contribution in [2.75, 3.05) is 10.0 Å². The number of fused-ring (bicyclic) bond motifs is 2. The first-order valence-electron chi connectivity index (χ1n) is 9.57. The predicted molar refractivity (Wildman–Crippen MR) is 111 cm³/mol. The van der Waals surface area contributed by atoms with Gasteiger partial charge in [0.15, 0.2) is 0 Å². The van der Waals surface area contributed by atoms with E-state index in [0.29, 0.717) is 34.7 Å². The highest BCUT2D eigenvalue weighted by Crippen LogP contribution is 2.49. The molecule has 0 heterocycles. The fraction of sp³-hybridized carbons (Fsp3) is 0.381. The average molecular weight is 419 g/mol. The van der Waals surface area contributed by atoms with Crippen molar-refractivity contribution < 1.29 is 13.2 Å². The van der Waals surface area contributed by atoms with Crippen LogP contribution in [0, 0.1) is 17.8 Å². The zero-order valence-electron chi connectivity index (χ0n) is 15.4. The second-order valence-electron chi connectivity index (χ2n) is 7.83. The van der Waals surface area contributed by atoms with E-state index >= 15 is 0 Å². The molecule has 2 aromatic rings. The molecule has 2 aromatic carbocycles. The monoisotopic (exact) mass is 418 g/mol.